The number of carbonyl (C=O) groups excluding carboxylic acids is 2. The molecule has 0 unspecified atom stereocenters. The fourth-order valence-electron chi connectivity index (χ4n) is 2.23. The molecule has 116 valence electrons. The summed E-state index contributed by atoms with van der Waals surface area (Å²) < 4.78 is 9.93. The van der Waals surface area contributed by atoms with Crippen LogP contribution in [0.15, 0.2) is 53.1 Å². The van der Waals surface area contributed by atoms with Crippen LogP contribution in [0.25, 0.3) is 0 Å². The van der Waals surface area contributed by atoms with E-state index in [4.69, 9.17) is 9.15 Å². The number of aliphatic hydroxyl groups excluding tert-OH is 1. The fraction of sp³-hybridized carbons (Fsp3) is 0.294. The number of benzene rings is 1. The van der Waals surface area contributed by atoms with Gasteiger partial charge >= 0.3 is 5.97 Å². The zero-order valence-electron chi connectivity index (χ0n) is 12.3. The van der Waals surface area contributed by atoms with Gasteiger partial charge in [0.15, 0.2) is 11.9 Å². The van der Waals surface area contributed by atoms with E-state index in [0.29, 0.717) is 5.56 Å². The molecule has 22 heavy (non-hydrogen) atoms. The van der Waals surface area contributed by atoms with Crippen LogP contribution < -0.4 is 0 Å². The minimum absolute atomic E-state index is 0.0532. The third-order valence-corrected chi connectivity index (χ3v) is 3.30. The molecule has 0 saturated carbocycles. The van der Waals surface area contributed by atoms with Gasteiger partial charge in [-0.15, -0.1) is 0 Å². The molecule has 2 atom stereocenters. The van der Waals surface area contributed by atoms with Gasteiger partial charge in [0.25, 0.3) is 0 Å². The second-order valence-electron chi connectivity index (χ2n) is 4.81. The lowest BCUT2D eigenvalue weighted by atomic mass is 9.88. The molecular weight excluding hydrogens is 284 g/mol. The summed E-state index contributed by atoms with van der Waals surface area (Å²) >= 11 is 0. The first-order chi connectivity index (χ1) is 10.6. The van der Waals surface area contributed by atoms with Gasteiger partial charge < -0.3 is 14.3 Å². The molecule has 0 saturated heterocycles. The van der Waals surface area contributed by atoms with E-state index in [1.165, 1.54) is 6.26 Å². The van der Waals surface area contributed by atoms with Crippen molar-refractivity contribution in [3.8, 4) is 0 Å². The Morgan fingerprint density at radius 3 is 2.50 bits per heavy atom. The minimum atomic E-state index is -1.36. The first-order valence-electron chi connectivity index (χ1n) is 7.10. The molecule has 0 aliphatic carbocycles. The van der Waals surface area contributed by atoms with Crippen molar-refractivity contribution in [3.05, 3.63) is 60.1 Å². The van der Waals surface area contributed by atoms with E-state index in [1.807, 2.05) is 6.07 Å². The molecule has 0 fully saturated rings. The van der Waals surface area contributed by atoms with Crippen molar-refractivity contribution >= 4 is 11.8 Å². The van der Waals surface area contributed by atoms with Gasteiger partial charge in [-0.2, -0.15) is 0 Å². The lowest BCUT2D eigenvalue weighted by molar-refractivity contribution is -0.153. The van der Waals surface area contributed by atoms with Gasteiger partial charge in [0, 0.05) is 0 Å². The largest absolute Gasteiger partial charge is 0.464 e. The van der Waals surface area contributed by atoms with E-state index >= 15 is 0 Å². The van der Waals surface area contributed by atoms with E-state index in [0.717, 1.165) is 0 Å². The van der Waals surface area contributed by atoms with Crippen LogP contribution in [0.4, 0.5) is 0 Å². The summed E-state index contributed by atoms with van der Waals surface area (Å²) in [6, 6.07) is 12.2. The van der Waals surface area contributed by atoms with Crippen molar-refractivity contribution in [2.75, 3.05) is 6.61 Å². The molecular formula is C17H18O5. The molecule has 5 heteroatoms. The molecule has 2 rings (SSSR count). The number of hydrogen-bond donors (Lipinski definition) is 1. The van der Waals surface area contributed by atoms with Crippen molar-refractivity contribution in [1.82, 2.24) is 0 Å². The molecule has 0 aliphatic rings. The highest BCUT2D eigenvalue weighted by Gasteiger charge is 2.29. The Hall–Kier alpha value is -2.40. The second kappa shape index (κ2) is 7.56. The van der Waals surface area contributed by atoms with Crippen LogP contribution in [-0.4, -0.2) is 29.6 Å². The Morgan fingerprint density at radius 2 is 1.91 bits per heavy atom. The zero-order chi connectivity index (χ0) is 15.9. The summed E-state index contributed by atoms with van der Waals surface area (Å²) in [6.45, 7) is 1.84. The number of ether oxygens (including phenoxy) is 1. The Labute approximate surface area is 128 Å². The van der Waals surface area contributed by atoms with Crippen LogP contribution in [0.3, 0.4) is 0 Å². The van der Waals surface area contributed by atoms with Crippen LogP contribution in [-0.2, 0) is 9.53 Å². The predicted molar refractivity (Wildman–Crippen MR) is 79.5 cm³/mol. The Balaban J connectivity index is 2.23. The van der Waals surface area contributed by atoms with Gasteiger partial charge in [-0.3, -0.25) is 4.79 Å². The van der Waals surface area contributed by atoms with Gasteiger partial charge in [0.1, 0.15) is 0 Å². The number of aliphatic hydroxyl groups is 1. The first-order valence-corrected chi connectivity index (χ1v) is 7.10. The number of furan rings is 1. The summed E-state index contributed by atoms with van der Waals surface area (Å²) in [5.74, 6) is -1.48. The Kier molecular flexibility index (Phi) is 5.49. The number of ketones is 1. The fourth-order valence-corrected chi connectivity index (χ4v) is 2.23. The van der Waals surface area contributed by atoms with Gasteiger partial charge in [-0.05, 0) is 31.0 Å². The number of esters is 1. The van der Waals surface area contributed by atoms with Crippen LogP contribution in [0.1, 0.15) is 35.4 Å². The summed E-state index contributed by atoms with van der Waals surface area (Å²) in [6.07, 6.45) is 0.00321. The molecule has 1 heterocycles. The smallest absolute Gasteiger partial charge is 0.334 e. The number of carbonyl (C=O) groups is 2. The molecule has 2 aromatic rings. The standard InChI is InChI=1S/C17H18O5/c1-2-21-17(20)14(18)11-13(12-7-4-3-5-8-12)16(19)15-9-6-10-22-15/h3-10,13-14,18H,2,11H2,1H3/t13-,14+/m1/s1. The molecule has 0 radical (unpaired) electrons. The minimum Gasteiger partial charge on any atom is -0.464 e. The van der Waals surface area contributed by atoms with Crippen LogP contribution >= 0.6 is 0 Å². The maximum Gasteiger partial charge on any atom is 0.334 e. The van der Waals surface area contributed by atoms with Crippen molar-refractivity contribution in [2.45, 2.75) is 25.4 Å². The van der Waals surface area contributed by atoms with Gasteiger partial charge in [-0.25, -0.2) is 4.79 Å². The van der Waals surface area contributed by atoms with E-state index in [-0.39, 0.29) is 24.6 Å². The molecule has 1 N–H and O–H groups in total. The average molecular weight is 302 g/mol. The van der Waals surface area contributed by atoms with E-state index < -0.39 is 18.0 Å². The van der Waals surface area contributed by atoms with E-state index in [1.54, 1.807) is 43.3 Å². The first kappa shape index (κ1) is 16.0. The third-order valence-electron chi connectivity index (χ3n) is 3.30. The van der Waals surface area contributed by atoms with Crippen LogP contribution in [0, 0.1) is 0 Å². The third kappa shape index (κ3) is 3.83. The van der Waals surface area contributed by atoms with Crippen LogP contribution in [0.5, 0.6) is 0 Å². The van der Waals surface area contributed by atoms with Gasteiger partial charge in [0.2, 0.25) is 5.78 Å². The topological polar surface area (TPSA) is 76.7 Å². The summed E-state index contributed by atoms with van der Waals surface area (Å²) in [7, 11) is 0. The normalized spacial score (nSPS) is 13.4. The highest BCUT2D eigenvalue weighted by Crippen LogP contribution is 2.26. The molecule has 0 aliphatic heterocycles. The quantitative estimate of drug-likeness (QED) is 0.628. The van der Waals surface area contributed by atoms with Crippen molar-refractivity contribution < 1.29 is 23.8 Å². The Bertz CT molecular complexity index is 603. The average Bonchev–Trinajstić information content (AvgIpc) is 3.07. The maximum atomic E-state index is 12.6. The number of Topliss-reactive ketones (excluding diaryl/α,β-unsaturated/α-hetero) is 1. The van der Waals surface area contributed by atoms with Crippen molar-refractivity contribution in [1.29, 1.82) is 0 Å². The summed E-state index contributed by atoms with van der Waals surface area (Å²) in [5.41, 5.74) is 0.715. The highest BCUT2D eigenvalue weighted by atomic mass is 16.5. The lowest BCUT2D eigenvalue weighted by Crippen LogP contribution is -2.28. The van der Waals surface area contributed by atoms with Crippen molar-refractivity contribution in [2.24, 2.45) is 0 Å². The molecule has 0 spiro atoms. The molecule has 0 amide bonds. The molecule has 5 nitrogen and oxygen atoms in total. The lowest BCUT2D eigenvalue weighted by Gasteiger charge is -2.18. The predicted octanol–water partition coefficient (Wildman–Crippen LogP) is 2.56. The molecule has 1 aromatic heterocycles. The zero-order valence-corrected chi connectivity index (χ0v) is 12.3. The van der Waals surface area contributed by atoms with Crippen molar-refractivity contribution in [3.63, 3.8) is 0 Å². The molecule has 0 bridgehead atoms. The van der Waals surface area contributed by atoms with E-state index in [9.17, 15) is 14.7 Å². The Morgan fingerprint density at radius 1 is 1.18 bits per heavy atom. The van der Waals surface area contributed by atoms with E-state index in [2.05, 4.69) is 0 Å². The number of hydrogen-bond acceptors (Lipinski definition) is 5. The van der Waals surface area contributed by atoms with Gasteiger partial charge in [-0.1, -0.05) is 30.3 Å². The maximum absolute atomic E-state index is 12.6. The van der Waals surface area contributed by atoms with Gasteiger partial charge in [0.05, 0.1) is 18.8 Å². The monoisotopic (exact) mass is 302 g/mol. The highest BCUT2D eigenvalue weighted by molar-refractivity contribution is 5.99. The summed E-state index contributed by atoms with van der Waals surface area (Å²) in [5, 5.41) is 9.97. The summed E-state index contributed by atoms with van der Waals surface area (Å²) in [4.78, 5) is 24.2. The second-order valence-corrected chi connectivity index (χ2v) is 4.81. The number of rotatable bonds is 7. The van der Waals surface area contributed by atoms with Crippen LogP contribution in [0.2, 0.25) is 0 Å². The SMILES string of the molecule is CCOC(=O)[C@@H](O)C[C@@H](C(=O)c1ccco1)c1ccccc1. The molecule has 1 aromatic carbocycles.